The number of aryl methyl sites for hydroxylation is 1. The fraction of sp³-hybridized carbons (Fsp3) is 0.400. The normalized spacial score (nSPS) is 19.9. The van der Waals surface area contributed by atoms with Crippen LogP contribution >= 0.6 is 0 Å². The Balaban J connectivity index is 1.26. The summed E-state index contributed by atoms with van der Waals surface area (Å²) in [7, 11) is -1.57. The molecule has 1 aromatic carbocycles. The van der Waals surface area contributed by atoms with E-state index in [0.29, 0.717) is 35.5 Å². The van der Waals surface area contributed by atoms with E-state index in [4.69, 9.17) is 0 Å². The van der Waals surface area contributed by atoms with Crippen molar-refractivity contribution in [3.05, 3.63) is 54.2 Å². The van der Waals surface area contributed by atoms with Gasteiger partial charge in [-0.15, -0.1) is 0 Å². The van der Waals surface area contributed by atoms with Crippen molar-refractivity contribution in [3.63, 3.8) is 0 Å². The highest BCUT2D eigenvalue weighted by atomic mass is 32.2. The Morgan fingerprint density at radius 1 is 1.19 bits per heavy atom. The molecule has 226 valence electrons. The number of aromatic nitrogens is 4. The van der Waals surface area contributed by atoms with Gasteiger partial charge in [-0.25, -0.2) is 27.8 Å². The number of piperazine rings is 1. The largest absolute Gasteiger partial charge is 0.357 e. The minimum absolute atomic E-state index is 0.0512. The SMILES string of the molecule is CC[C@H](C(=O)Nc1nccc2c(-c3nc(Nc4cccc(S(C)(=O)=O)c4F)ncc3C)c[nH]c12)N1CC2CCC(C1)N2C. The number of hydrogen-bond acceptors (Lipinski definition) is 9. The van der Waals surface area contributed by atoms with Crippen LogP contribution in [0.15, 0.2) is 47.8 Å². The molecule has 5 heterocycles. The molecular formula is C30H35FN8O3S. The number of benzene rings is 1. The lowest BCUT2D eigenvalue weighted by molar-refractivity contribution is -0.122. The quantitative estimate of drug-likeness (QED) is 0.271. The molecule has 2 saturated heterocycles. The minimum Gasteiger partial charge on any atom is -0.357 e. The van der Waals surface area contributed by atoms with Gasteiger partial charge in [-0.3, -0.25) is 14.6 Å². The van der Waals surface area contributed by atoms with Crippen molar-refractivity contribution in [2.24, 2.45) is 0 Å². The number of hydrogen-bond donors (Lipinski definition) is 3. The molecule has 6 rings (SSSR count). The van der Waals surface area contributed by atoms with Crippen molar-refractivity contribution in [2.75, 3.05) is 37.0 Å². The van der Waals surface area contributed by atoms with Crippen molar-refractivity contribution in [1.29, 1.82) is 0 Å². The molecule has 0 saturated carbocycles. The average molecular weight is 607 g/mol. The van der Waals surface area contributed by atoms with Gasteiger partial charge in [0.15, 0.2) is 21.5 Å². The van der Waals surface area contributed by atoms with Crippen LogP contribution in [-0.4, -0.2) is 88.6 Å². The van der Waals surface area contributed by atoms with Gasteiger partial charge < -0.3 is 15.6 Å². The zero-order valence-electron chi connectivity index (χ0n) is 24.6. The summed E-state index contributed by atoms with van der Waals surface area (Å²) >= 11 is 0. The van der Waals surface area contributed by atoms with Crippen LogP contribution in [0.25, 0.3) is 22.2 Å². The van der Waals surface area contributed by atoms with Crippen LogP contribution < -0.4 is 10.6 Å². The molecular weight excluding hydrogens is 571 g/mol. The second-order valence-electron chi connectivity index (χ2n) is 11.4. The van der Waals surface area contributed by atoms with E-state index in [1.54, 1.807) is 18.6 Å². The fourth-order valence-corrected chi connectivity index (χ4v) is 7.11. The van der Waals surface area contributed by atoms with Crippen molar-refractivity contribution in [1.82, 2.24) is 29.7 Å². The number of likely N-dealkylation sites (tertiary alicyclic amines) is 1. The van der Waals surface area contributed by atoms with Crippen LogP contribution in [0.2, 0.25) is 0 Å². The average Bonchev–Trinajstić information content (AvgIpc) is 3.46. The highest BCUT2D eigenvalue weighted by molar-refractivity contribution is 7.90. The Morgan fingerprint density at radius 2 is 1.93 bits per heavy atom. The Labute approximate surface area is 249 Å². The molecule has 3 N–H and O–H groups in total. The Kier molecular flexibility index (Phi) is 7.65. The first-order valence-electron chi connectivity index (χ1n) is 14.4. The Morgan fingerprint density at radius 3 is 2.63 bits per heavy atom. The molecule has 2 fully saturated rings. The predicted octanol–water partition coefficient (Wildman–Crippen LogP) is 4.11. The van der Waals surface area contributed by atoms with Crippen molar-refractivity contribution in [2.45, 2.75) is 56.1 Å². The van der Waals surface area contributed by atoms with E-state index in [9.17, 15) is 17.6 Å². The first-order chi connectivity index (χ1) is 20.5. The molecule has 43 heavy (non-hydrogen) atoms. The van der Waals surface area contributed by atoms with E-state index in [1.807, 2.05) is 19.9 Å². The van der Waals surface area contributed by atoms with Crippen molar-refractivity contribution < 1.29 is 17.6 Å². The molecule has 2 unspecified atom stereocenters. The molecule has 1 amide bonds. The van der Waals surface area contributed by atoms with Crippen LogP contribution in [0.5, 0.6) is 0 Å². The summed E-state index contributed by atoms with van der Waals surface area (Å²) in [5, 5.41) is 6.68. The maximum atomic E-state index is 15.0. The summed E-state index contributed by atoms with van der Waals surface area (Å²) < 4.78 is 38.9. The third-order valence-corrected chi connectivity index (χ3v) is 9.80. The van der Waals surface area contributed by atoms with Crippen LogP contribution in [0, 0.1) is 12.7 Å². The number of H-pyrrole nitrogens is 1. The van der Waals surface area contributed by atoms with Gasteiger partial charge in [0.25, 0.3) is 0 Å². The second kappa shape index (κ2) is 11.3. The number of anilines is 3. The molecule has 2 aliphatic rings. The van der Waals surface area contributed by atoms with Crippen LogP contribution in [0.4, 0.5) is 21.8 Å². The summed E-state index contributed by atoms with van der Waals surface area (Å²) in [5.74, 6) is -0.433. The number of carbonyl (C=O) groups excluding carboxylic acids is 1. The second-order valence-corrected chi connectivity index (χ2v) is 13.4. The summed E-state index contributed by atoms with van der Waals surface area (Å²) in [5.41, 5.74) is 2.73. The van der Waals surface area contributed by atoms with Gasteiger partial charge in [-0.05, 0) is 57.0 Å². The summed E-state index contributed by atoms with van der Waals surface area (Å²) in [4.78, 5) is 34.5. The Bertz CT molecular complexity index is 1800. The standard InChI is InChI=1S/C30H35FN8O3S/c1-5-23(39-15-18-9-10-19(16-39)38(18)3)29(40)37-28-27-20(11-12-32-28)21(14-33-27)26-17(2)13-34-30(36-26)35-22-7-6-8-24(25(22)31)43(4,41)42/h6-8,11-14,18-19,23,33H,5,9-10,15-16H2,1-4H3,(H,32,37,40)(H,34,35,36)/t18?,19?,23-/m1/s1. The molecule has 4 aromatic rings. The first-order valence-corrected chi connectivity index (χ1v) is 16.3. The van der Waals surface area contributed by atoms with Gasteiger partial charge >= 0.3 is 0 Å². The van der Waals surface area contributed by atoms with E-state index in [1.165, 1.54) is 31.0 Å². The molecule has 3 aromatic heterocycles. The molecule has 13 heteroatoms. The maximum Gasteiger partial charge on any atom is 0.242 e. The third kappa shape index (κ3) is 5.48. The Hall–Kier alpha value is -3.94. The van der Waals surface area contributed by atoms with Crippen molar-refractivity contribution in [3.8, 4) is 11.3 Å². The van der Waals surface area contributed by atoms with Gasteiger partial charge in [-0.1, -0.05) is 13.0 Å². The summed E-state index contributed by atoms with van der Waals surface area (Å²) in [6.07, 6.45) is 9.05. The topological polar surface area (TPSA) is 136 Å². The summed E-state index contributed by atoms with van der Waals surface area (Å²) in [6, 6.07) is 6.67. The number of amides is 1. The fourth-order valence-electron chi connectivity index (χ4n) is 6.34. The zero-order valence-corrected chi connectivity index (χ0v) is 25.4. The number of likely N-dealkylation sites (N-methyl/N-ethyl adjacent to an activating group) is 1. The van der Waals surface area contributed by atoms with E-state index >= 15 is 0 Å². The van der Waals surface area contributed by atoms with Crippen LogP contribution in [-0.2, 0) is 14.6 Å². The van der Waals surface area contributed by atoms with Gasteiger partial charge in [0.2, 0.25) is 11.9 Å². The lowest BCUT2D eigenvalue weighted by Crippen LogP contribution is -2.57. The molecule has 2 bridgehead atoms. The number of rotatable bonds is 8. The maximum absolute atomic E-state index is 15.0. The van der Waals surface area contributed by atoms with Gasteiger partial charge in [0.1, 0.15) is 4.90 Å². The van der Waals surface area contributed by atoms with Crippen LogP contribution in [0.1, 0.15) is 31.7 Å². The van der Waals surface area contributed by atoms with Gasteiger partial charge in [-0.2, -0.15) is 0 Å². The molecule has 3 atom stereocenters. The molecule has 11 nitrogen and oxygen atoms in total. The predicted molar refractivity (Wildman–Crippen MR) is 164 cm³/mol. The number of halogens is 1. The van der Waals surface area contributed by atoms with Gasteiger partial charge in [0, 0.05) is 61.0 Å². The first kappa shape index (κ1) is 29.1. The molecule has 0 spiro atoms. The number of carbonyl (C=O) groups is 1. The summed E-state index contributed by atoms with van der Waals surface area (Å²) in [6.45, 7) is 5.67. The minimum atomic E-state index is -3.75. The number of nitrogens with zero attached hydrogens (tertiary/aromatic N) is 5. The molecule has 0 radical (unpaired) electrons. The molecule has 0 aliphatic carbocycles. The number of aromatic amines is 1. The van der Waals surface area contributed by atoms with E-state index < -0.39 is 20.5 Å². The highest BCUT2D eigenvalue weighted by Crippen LogP contribution is 2.34. The van der Waals surface area contributed by atoms with E-state index in [0.717, 1.165) is 35.9 Å². The zero-order chi connectivity index (χ0) is 30.5. The molecule has 2 aliphatic heterocycles. The lowest BCUT2D eigenvalue weighted by Gasteiger charge is -2.41. The van der Waals surface area contributed by atoms with E-state index in [-0.39, 0.29) is 23.6 Å². The highest BCUT2D eigenvalue weighted by Gasteiger charge is 2.41. The number of fused-ring (bicyclic) bond motifs is 3. The van der Waals surface area contributed by atoms with E-state index in [2.05, 4.69) is 47.4 Å². The monoisotopic (exact) mass is 606 g/mol. The third-order valence-electron chi connectivity index (χ3n) is 8.69. The number of sulfone groups is 1. The van der Waals surface area contributed by atoms with Crippen LogP contribution in [0.3, 0.4) is 0 Å². The lowest BCUT2D eigenvalue weighted by atomic mass is 10.1. The van der Waals surface area contributed by atoms with Crippen molar-refractivity contribution >= 4 is 44.1 Å². The smallest absolute Gasteiger partial charge is 0.242 e. The van der Waals surface area contributed by atoms with Gasteiger partial charge in [0.05, 0.1) is 22.9 Å². The number of pyridine rings is 1. The number of nitrogens with one attached hydrogen (secondary N) is 3.